The van der Waals surface area contributed by atoms with Crippen molar-refractivity contribution in [2.45, 2.75) is 6.92 Å². The summed E-state index contributed by atoms with van der Waals surface area (Å²) in [7, 11) is 3.87. The molecule has 2 N–H and O–H groups in total. The molecule has 2 nitrogen and oxygen atoms in total. The maximum absolute atomic E-state index is 3.73. The predicted octanol–water partition coefficient (Wildman–Crippen LogP) is 1.60. The first-order valence-electron chi connectivity index (χ1n) is 4.55. The lowest BCUT2D eigenvalue weighted by molar-refractivity contribution is 1.48. The second-order valence-corrected chi connectivity index (χ2v) is 3.83. The van der Waals surface area contributed by atoms with Gasteiger partial charge in [-0.05, 0) is 6.92 Å². The van der Waals surface area contributed by atoms with Crippen LogP contribution in [0.5, 0.6) is 0 Å². The Kier molecular flexibility index (Phi) is 3.77. The molecule has 1 rings (SSSR count). The summed E-state index contributed by atoms with van der Waals surface area (Å²) in [5.74, 6) is 0. The smallest absolute Gasteiger partial charge is 0.113 e. The largest absolute Gasteiger partial charge is 0.385 e. The topological polar surface area (TPSA) is 24.1 Å². The van der Waals surface area contributed by atoms with Crippen molar-refractivity contribution in [3.05, 3.63) is 22.4 Å². The van der Waals surface area contributed by atoms with E-state index in [0.29, 0.717) is 0 Å². The minimum absolute atomic E-state index is 1.14. The van der Waals surface area contributed by atoms with E-state index >= 15 is 0 Å². The Morgan fingerprint density at radius 1 is 1.29 bits per heavy atom. The van der Waals surface area contributed by atoms with Crippen molar-refractivity contribution in [3.8, 4) is 0 Å². The van der Waals surface area contributed by atoms with E-state index in [-0.39, 0.29) is 0 Å². The lowest BCUT2D eigenvalue weighted by atomic mass is 10.3. The fourth-order valence-electron chi connectivity index (χ4n) is 1.38. The van der Waals surface area contributed by atoms with Gasteiger partial charge in [-0.3, -0.25) is 0 Å². The molecule has 0 radical (unpaired) electrons. The van der Waals surface area contributed by atoms with Gasteiger partial charge in [0.2, 0.25) is 0 Å². The van der Waals surface area contributed by atoms with Crippen LogP contribution in [0.1, 0.15) is 6.92 Å². The molecule has 0 spiro atoms. The van der Waals surface area contributed by atoms with Crippen LogP contribution in [0, 0.1) is 0 Å². The quantitative estimate of drug-likeness (QED) is 0.788. The average molecular weight is 208 g/mol. The van der Waals surface area contributed by atoms with Crippen LogP contribution < -0.4 is 20.4 Å². The number of hydrogen-bond donors (Lipinski definition) is 2. The Morgan fingerprint density at radius 3 is 2.43 bits per heavy atom. The van der Waals surface area contributed by atoms with E-state index in [1.807, 2.05) is 33.2 Å². The molecule has 3 heteroatoms. The van der Waals surface area contributed by atoms with E-state index in [9.17, 15) is 0 Å². The van der Waals surface area contributed by atoms with E-state index < -0.39 is 0 Å². The molecule has 14 heavy (non-hydrogen) atoms. The monoisotopic (exact) mass is 208 g/mol. The third-order valence-corrected chi connectivity index (χ3v) is 3.29. The van der Waals surface area contributed by atoms with Crippen LogP contribution in [0.2, 0.25) is 0 Å². The molecule has 76 valence electrons. The van der Waals surface area contributed by atoms with Gasteiger partial charge < -0.3 is 10.6 Å². The van der Waals surface area contributed by atoms with Crippen molar-refractivity contribution in [3.63, 3.8) is 0 Å². The lowest BCUT2D eigenvalue weighted by Gasteiger charge is -2.00. The van der Waals surface area contributed by atoms with E-state index in [4.69, 9.17) is 0 Å². The van der Waals surface area contributed by atoms with Crippen LogP contribution in [0.15, 0.2) is 12.7 Å². The molecule has 0 fully saturated rings. The number of hydrogen-bond acceptors (Lipinski definition) is 3. The van der Waals surface area contributed by atoms with Crippen molar-refractivity contribution >= 4 is 34.2 Å². The summed E-state index contributed by atoms with van der Waals surface area (Å²) in [6.07, 6.45) is 5.95. The highest BCUT2D eigenvalue weighted by molar-refractivity contribution is 7.14. The Bertz CT molecular complexity index is 429. The van der Waals surface area contributed by atoms with Crippen LogP contribution in [0.3, 0.4) is 0 Å². The zero-order valence-electron chi connectivity index (χ0n) is 8.85. The van der Waals surface area contributed by atoms with Gasteiger partial charge in [-0.2, -0.15) is 0 Å². The first kappa shape index (κ1) is 10.9. The summed E-state index contributed by atoms with van der Waals surface area (Å²) in [5, 5.41) is 8.75. The van der Waals surface area contributed by atoms with Crippen LogP contribution in [-0.2, 0) is 0 Å². The summed E-state index contributed by atoms with van der Waals surface area (Å²) in [4.78, 5) is 0. The molecule has 0 aliphatic heterocycles. The molecule has 1 aromatic heterocycles. The van der Waals surface area contributed by atoms with Crippen molar-refractivity contribution in [2.24, 2.45) is 0 Å². The molecular formula is C11H16N2S. The minimum Gasteiger partial charge on any atom is -0.385 e. The van der Waals surface area contributed by atoms with Gasteiger partial charge in [-0.1, -0.05) is 24.8 Å². The summed E-state index contributed by atoms with van der Waals surface area (Å²) in [5.41, 5.74) is 1.14. The third kappa shape index (κ3) is 1.82. The molecular weight excluding hydrogens is 192 g/mol. The van der Waals surface area contributed by atoms with Crippen molar-refractivity contribution < 1.29 is 0 Å². The normalized spacial score (nSPS) is 13.1. The van der Waals surface area contributed by atoms with Crippen LogP contribution in [0.25, 0.3) is 12.2 Å². The Balaban J connectivity index is 3.58. The summed E-state index contributed by atoms with van der Waals surface area (Å²) in [6, 6.07) is 0. The summed E-state index contributed by atoms with van der Waals surface area (Å²) in [6.45, 7) is 5.78. The van der Waals surface area contributed by atoms with Gasteiger partial charge in [-0.15, -0.1) is 11.3 Å². The standard InChI is InChI=1S/C11H16N2S/c1-5-7-8-9(6-2)14-11(13-4)10(8)12-3/h5-7,12-13H,1H2,2-4H3/b8-7+,9-6+. The molecule has 0 saturated carbocycles. The van der Waals surface area contributed by atoms with E-state index in [1.54, 1.807) is 11.3 Å². The zero-order chi connectivity index (χ0) is 10.6. The molecule has 0 aromatic carbocycles. The molecule has 0 aliphatic rings. The fourth-order valence-corrected chi connectivity index (χ4v) is 2.42. The van der Waals surface area contributed by atoms with Crippen LogP contribution in [0.4, 0.5) is 10.7 Å². The number of rotatable bonds is 3. The first-order chi connectivity index (χ1) is 6.78. The molecule has 0 saturated heterocycles. The SMILES string of the molecule is C=C/C=c1/c(NC)c(NC)s/c1=C/C. The number of anilines is 2. The number of nitrogens with one attached hydrogen (secondary N) is 2. The van der Waals surface area contributed by atoms with Gasteiger partial charge in [0.25, 0.3) is 0 Å². The second-order valence-electron chi connectivity index (χ2n) is 2.78. The Morgan fingerprint density at radius 2 is 2.00 bits per heavy atom. The summed E-state index contributed by atoms with van der Waals surface area (Å²) >= 11 is 1.74. The van der Waals surface area contributed by atoms with Crippen LogP contribution >= 0.6 is 11.3 Å². The zero-order valence-corrected chi connectivity index (χ0v) is 9.66. The fraction of sp³-hybridized carbons (Fsp3) is 0.273. The average Bonchev–Trinajstić information content (AvgIpc) is 2.56. The van der Waals surface area contributed by atoms with Gasteiger partial charge in [0.05, 0.1) is 5.69 Å². The lowest BCUT2D eigenvalue weighted by Crippen LogP contribution is -2.20. The molecule has 1 aromatic rings. The van der Waals surface area contributed by atoms with Crippen molar-refractivity contribution in [2.75, 3.05) is 24.7 Å². The van der Waals surface area contributed by atoms with Crippen molar-refractivity contribution in [1.29, 1.82) is 0 Å². The molecule has 0 bridgehead atoms. The highest BCUT2D eigenvalue weighted by Crippen LogP contribution is 2.19. The number of allylic oxidation sites excluding steroid dienone is 1. The molecule has 0 atom stereocenters. The van der Waals surface area contributed by atoms with E-state index in [1.165, 1.54) is 9.75 Å². The Hall–Kier alpha value is -1.22. The van der Waals surface area contributed by atoms with E-state index in [2.05, 4.69) is 23.3 Å². The molecule has 0 aliphatic carbocycles. The second kappa shape index (κ2) is 4.86. The van der Waals surface area contributed by atoms with Crippen LogP contribution in [-0.4, -0.2) is 14.1 Å². The first-order valence-corrected chi connectivity index (χ1v) is 5.37. The van der Waals surface area contributed by atoms with Gasteiger partial charge in [0, 0.05) is 23.8 Å². The maximum atomic E-state index is 3.73. The minimum atomic E-state index is 1.14. The van der Waals surface area contributed by atoms with Gasteiger partial charge >= 0.3 is 0 Å². The molecule has 0 amide bonds. The summed E-state index contributed by atoms with van der Waals surface area (Å²) < 4.78 is 1.26. The maximum Gasteiger partial charge on any atom is 0.113 e. The highest BCUT2D eigenvalue weighted by Gasteiger charge is 2.04. The van der Waals surface area contributed by atoms with Crippen molar-refractivity contribution in [1.82, 2.24) is 0 Å². The molecule has 1 heterocycles. The third-order valence-electron chi connectivity index (χ3n) is 2.00. The highest BCUT2D eigenvalue weighted by atomic mass is 32.1. The van der Waals surface area contributed by atoms with E-state index in [0.717, 1.165) is 10.7 Å². The molecule has 0 unspecified atom stereocenters. The van der Waals surface area contributed by atoms with Gasteiger partial charge in [0.15, 0.2) is 0 Å². The Labute approximate surface area is 88.7 Å². The van der Waals surface area contributed by atoms with Gasteiger partial charge in [-0.25, -0.2) is 0 Å². The predicted molar refractivity (Wildman–Crippen MR) is 67.5 cm³/mol. The van der Waals surface area contributed by atoms with Gasteiger partial charge in [0.1, 0.15) is 5.00 Å². The number of thiophene rings is 1.